The van der Waals surface area contributed by atoms with E-state index < -0.39 is 0 Å². The van der Waals surface area contributed by atoms with Gasteiger partial charge in [-0.3, -0.25) is 0 Å². The predicted octanol–water partition coefficient (Wildman–Crippen LogP) is 4.40. The topological polar surface area (TPSA) is 35.2 Å². The number of rotatable bonds is 3. The lowest BCUT2D eigenvalue weighted by Gasteiger charge is -2.09. The molecule has 94 valence electrons. The second-order valence-electron chi connectivity index (χ2n) is 3.76. The molecule has 0 saturated carbocycles. The Balaban J connectivity index is 2.11. The first-order chi connectivity index (χ1) is 8.54. The number of ether oxygens (including phenoxy) is 1. The van der Waals surface area contributed by atoms with Crippen molar-refractivity contribution in [3.05, 3.63) is 57.3 Å². The van der Waals surface area contributed by atoms with Crippen LogP contribution in [0.15, 0.2) is 40.9 Å². The number of nitrogen functional groups attached to an aromatic ring is 1. The summed E-state index contributed by atoms with van der Waals surface area (Å²) in [7, 11) is 0. The Kier molecular flexibility index (Phi) is 4.09. The van der Waals surface area contributed by atoms with Crippen LogP contribution in [0.25, 0.3) is 0 Å². The molecule has 0 amide bonds. The number of nitrogens with two attached hydrogens (primary N) is 1. The van der Waals surface area contributed by atoms with Crippen LogP contribution in [0.3, 0.4) is 0 Å². The first-order valence-corrected chi connectivity index (χ1v) is 6.34. The molecule has 0 saturated heterocycles. The standard InChI is InChI=1S/C13H10BrClFNO/c14-9-3-8(4-11(17)5-9)7-18-13-2-1-10(16)6-12(13)15/h1-6H,7,17H2. The van der Waals surface area contributed by atoms with Gasteiger partial charge in [-0.05, 0) is 42.0 Å². The molecule has 5 heteroatoms. The molecule has 0 aliphatic carbocycles. The highest BCUT2D eigenvalue weighted by atomic mass is 79.9. The molecule has 2 N–H and O–H groups in total. The molecule has 0 atom stereocenters. The Bertz CT molecular complexity index is 557. The highest BCUT2D eigenvalue weighted by Crippen LogP contribution is 2.26. The van der Waals surface area contributed by atoms with Gasteiger partial charge in [-0.1, -0.05) is 27.5 Å². The van der Waals surface area contributed by atoms with Crippen LogP contribution >= 0.6 is 27.5 Å². The molecular weight excluding hydrogens is 321 g/mol. The third-order valence-corrected chi connectivity index (χ3v) is 3.02. The minimum absolute atomic E-state index is 0.248. The summed E-state index contributed by atoms with van der Waals surface area (Å²) in [4.78, 5) is 0. The van der Waals surface area contributed by atoms with Crippen molar-refractivity contribution in [1.82, 2.24) is 0 Å². The zero-order valence-electron chi connectivity index (χ0n) is 9.29. The maximum atomic E-state index is 12.9. The normalized spacial score (nSPS) is 10.4. The fourth-order valence-corrected chi connectivity index (χ4v) is 2.29. The van der Waals surface area contributed by atoms with E-state index in [4.69, 9.17) is 22.1 Å². The second-order valence-corrected chi connectivity index (χ2v) is 5.08. The Labute approximate surface area is 118 Å². The zero-order valence-corrected chi connectivity index (χ0v) is 11.6. The summed E-state index contributed by atoms with van der Waals surface area (Å²) in [6.45, 7) is 0.314. The minimum atomic E-state index is -0.390. The van der Waals surface area contributed by atoms with Gasteiger partial charge >= 0.3 is 0 Å². The van der Waals surface area contributed by atoms with E-state index in [2.05, 4.69) is 15.9 Å². The molecule has 0 unspecified atom stereocenters. The molecule has 2 aromatic rings. The number of hydrogen-bond acceptors (Lipinski definition) is 2. The SMILES string of the molecule is Nc1cc(Br)cc(COc2ccc(F)cc2Cl)c1. The molecule has 18 heavy (non-hydrogen) atoms. The highest BCUT2D eigenvalue weighted by molar-refractivity contribution is 9.10. The average molecular weight is 331 g/mol. The van der Waals surface area contributed by atoms with Gasteiger partial charge in [0, 0.05) is 10.2 Å². The quantitative estimate of drug-likeness (QED) is 0.846. The van der Waals surface area contributed by atoms with Crippen LogP contribution in [0.1, 0.15) is 5.56 Å². The van der Waals surface area contributed by atoms with Crippen LogP contribution in [0, 0.1) is 5.82 Å². The number of hydrogen-bond donors (Lipinski definition) is 1. The van der Waals surface area contributed by atoms with Crippen LogP contribution in [-0.2, 0) is 6.61 Å². The first kappa shape index (κ1) is 13.2. The zero-order chi connectivity index (χ0) is 13.1. The van der Waals surface area contributed by atoms with Gasteiger partial charge in [0.25, 0.3) is 0 Å². The summed E-state index contributed by atoms with van der Waals surface area (Å²) in [5.74, 6) is 0.0515. The van der Waals surface area contributed by atoms with Crippen molar-refractivity contribution in [2.45, 2.75) is 6.61 Å². The maximum absolute atomic E-state index is 12.9. The Morgan fingerprint density at radius 2 is 2.00 bits per heavy atom. The molecule has 2 rings (SSSR count). The van der Waals surface area contributed by atoms with Crippen molar-refractivity contribution in [3.63, 3.8) is 0 Å². The smallest absolute Gasteiger partial charge is 0.138 e. The lowest BCUT2D eigenvalue weighted by Crippen LogP contribution is -1.97. The summed E-state index contributed by atoms with van der Waals surface area (Å²) in [6.07, 6.45) is 0. The van der Waals surface area contributed by atoms with Crippen molar-refractivity contribution in [2.24, 2.45) is 0 Å². The predicted molar refractivity (Wildman–Crippen MR) is 74.3 cm³/mol. The molecule has 0 aliphatic rings. The molecule has 0 spiro atoms. The van der Waals surface area contributed by atoms with E-state index in [1.165, 1.54) is 18.2 Å². The molecule has 0 fully saturated rings. The van der Waals surface area contributed by atoms with Crippen LogP contribution in [0.5, 0.6) is 5.75 Å². The van der Waals surface area contributed by atoms with E-state index in [1.807, 2.05) is 12.1 Å². The van der Waals surface area contributed by atoms with E-state index in [9.17, 15) is 4.39 Å². The Morgan fingerprint density at radius 1 is 1.22 bits per heavy atom. The Hall–Kier alpha value is -1.26. The van der Waals surface area contributed by atoms with E-state index in [-0.39, 0.29) is 10.8 Å². The van der Waals surface area contributed by atoms with E-state index in [0.29, 0.717) is 18.0 Å². The lowest BCUT2D eigenvalue weighted by atomic mass is 10.2. The summed E-state index contributed by atoms with van der Waals surface area (Å²) in [5, 5.41) is 0.248. The fourth-order valence-electron chi connectivity index (χ4n) is 1.51. The summed E-state index contributed by atoms with van der Waals surface area (Å²) < 4.78 is 19.2. The van der Waals surface area contributed by atoms with Crippen molar-refractivity contribution >= 4 is 33.2 Å². The average Bonchev–Trinajstić information content (AvgIpc) is 2.26. The van der Waals surface area contributed by atoms with Gasteiger partial charge in [-0.2, -0.15) is 0 Å². The van der Waals surface area contributed by atoms with Crippen molar-refractivity contribution in [1.29, 1.82) is 0 Å². The van der Waals surface area contributed by atoms with E-state index >= 15 is 0 Å². The second kappa shape index (κ2) is 5.59. The fraction of sp³-hybridized carbons (Fsp3) is 0.0769. The van der Waals surface area contributed by atoms with Crippen LogP contribution < -0.4 is 10.5 Å². The van der Waals surface area contributed by atoms with Crippen LogP contribution in [0.2, 0.25) is 5.02 Å². The van der Waals surface area contributed by atoms with Gasteiger partial charge in [0.15, 0.2) is 0 Å². The molecular formula is C13H10BrClFNO. The number of benzene rings is 2. The van der Waals surface area contributed by atoms with Crippen molar-refractivity contribution in [2.75, 3.05) is 5.73 Å². The Morgan fingerprint density at radius 3 is 2.67 bits per heavy atom. The molecule has 0 radical (unpaired) electrons. The molecule has 2 aromatic carbocycles. The number of anilines is 1. The maximum Gasteiger partial charge on any atom is 0.138 e. The number of halogens is 3. The van der Waals surface area contributed by atoms with Gasteiger partial charge < -0.3 is 10.5 Å². The monoisotopic (exact) mass is 329 g/mol. The molecule has 0 aliphatic heterocycles. The molecule has 2 nitrogen and oxygen atoms in total. The van der Waals surface area contributed by atoms with Gasteiger partial charge in [-0.15, -0.1) is 0 Å². The molecule has 0 heterocycles. The van der Waals surface area contributed by atoms with Crippen LogP contribution in [-0.4, -0.2) is 0 Å². The highest BCUT2D eigenvalue weighted by Gasteiger charge is 2.04. The van der Waals surface area contributed by atoms with E-state index in [1.54, 1.807) is 6.07 Å². The van der Waals surface area contributed by atoms with Crippen molar-refractivity contribution in [3.8, 4) is 5.75 Å². The summed E-state index contributed by atoms with van der Waals surface area (Å²) >= 11 is 9.21. The largest absolute Gasteiger partial charge is 0.487 e. The van der Waals surface area contributed by atoms with Crippen molar-refractivity contribution < 1.29 is 9.13 Å². The van der Waals surface area contributed by atoms with E-state index in [0.717, 1.165) is 10.0 Å². The third-order valence-electron chi connectivity index (χ3n) is 2.27. The first-order valence-electron chi connectivity index (χ1n) is 5.17. The molecule has 0 bridgehead atoms. The summed E-state index contributed by atoms with van der Waals surface area (Å²) in [6, 6.07) is 9.52. The van der Waals surface area contributed by atoms with Gasteiger partial charge in [-0.25, -0.2) is 4.39 Å². The lowest BCUT2D eigenvalue weighted by molar-refractivity contribution is 0.306. The van der Waals surface area contributed by atoms with Gasteiger partial charge in [0.1, 0.15) is 18.2 Å². The van der Waals surface area contributed by atoms with Gasteiger partial charge in [0.05, 0.1) is 5.02 Å². The van der Waals surface area contributed by atoms with Crippen LogP contribution in [0.4, 0.5) is 10.1 Å². The third kappa shape index (κ3) is 3.37. The summed E-state index contributed by atoms with van der Waals surface area (Å²) in [5.41, 5.74) is 7.27. The minimum Gasteiger partial charge on any atom is -0.487 e. The molecule has 0 aromatic heterocycles. The van der Waals surface area contributed by atoms with Gasteiger partial charge in [0.2, 0.25) is 0 Å².